The smallest absolute Gasteiger partial charge is 0.0749 e. The first-order valence-corrected chi connectivity index (χ1v) is 6.97. The Balaban J connectivity index is 2.52. The Labute approximate surface area is 107 Å². The van der Waals surface area contributed by atoms with Crippen LogP contribution in [0.4, 0.5) is 0 Å². The second-order valence-electron chi connectivity index (χ2n) is 6.11. The van der Waals surface area contributed by atoms with Gasteiger partial charge in [-0.15, -0.1) is 0 Å². The third-order valence-electron chi connectivity index (χ3n) is 3.77. The highest BCUT2D eigenvalue weighted by atomic mass is 16.5. The van der Waals surface area contributed by atoms with Crippen molar-refractivity contribution >= 4 is 0 Å². The van der Waals surface area contributed by atoms with Crippen molar-refractivity contribution < 1.29 is 4.74 Å². The number of rotatable bonds is 4. The van der Waals surface area contributed by atoms with E-state index in [1.807, 2.05) is 7.11 Å². The third-order valence-corrected chi connectivity index (χ3v) is 3.77. The summed E-state index contributed by atoms with van der Waals surface area (Å²) in [4.78, 5) is 2.57. The topological polar surface area (TPSA) is 24.5 Å². The molecule has 0 aromatic heterocycles. The Morgan fingerprint density at radius 3 is 2.71 bits per heavy atom. The molecule has 0 aromatic rings. The molecule has 0 aliphatic carbocycles. The fourth-order valence-electron chi connectivity index (χ4n) is 2.50. The number of hydrogen-bond donors (Lipinski definition) is 1. The molecule has 1 heterocycles. The molecule has 3 nitrogen and oxygen atoms in total. The summed E-state index contributed by atoms with van der Waals surface area (Å²) in [5, 5.41) is 3.66. The van der Waals surface area contributed by atoms with Crippen molar-refractivity contribution in [3.63, 3.8) is 0 Å². The first kappa shape index (κ1) is 14.9. The summed E-state index contributed by atoms with van der Waals surface area (Å²) in [6.45, 7) is 13.5. The summed E-state index contributed by atoms with van der Waals surface area (Å²) in [6.07, 6.45) is 2.48. The lowest BCUT2D eigenvalue weighted by molar-refractivity contribution is -0.0125. The molecule has 0 radical (unpaired) electrons. The molecule has 0 bridgehead atoms. The van der Waals surface area contributed by atoms with Crippen molar-refractivity contribution in [2.75, 3.05) is 33.3 Å². The summed E-state index contributed by atoms with van der Waals surface area (Å²) < 4.78 is 5.54. The molecule has 0 saturated carbocycles. The lowest BCUT2D eigenvalue weighted by atomic mass is 10.0. The van der Waals surface area contributed by atoms with Gasteiger partial charge in [-0.25, -0.2) is 0 Å². The van der Waals surface area contributed by atoms with Crippen molar-refractivity contribution in [2.45, 2.75) is 52.2 Å². The largest absolute Gasteiger partial charge is 0.377 e. The molecule has 1 aliphatic heterocycles. The number of methoxy groups -OCH3 is 1. The van der Waals surface area contributed by atoms with Gasteiger partial charge < -0.3 is 15.0 Å². The fourth-order valence-corrected chi connectivity index (χ4v) is 2.50. The van der Waals surface area contributed by atoms with Crippen LogP contribution in [0.25, 0.3) is 0 Å². The maximum absolute atomic E-state index is 5.54. The average molecular weight is 242 g/mol. The van der Waals surface area contributed by atoms with Crippen LogP contribution in [-0.4, -0.2) is 49.8 Å². The van der Waals surface area contributed by atoms with Crippen molar-refractivity contribution in [3.8, 4) is 0 Å². The first-order chi connectivity index (χ1) is 7.96. The van der Waals surface area contributed by atoms with E-state index in [9.17, 15) is 0 Å². The Morgan fingerprint density at radius 1 is 1.41 bits per heavy atom. The zero-order valence-electron chi connectivity index (χ0n) is 12.3. The summed E-state index contributed by atoms with van der Waals surface area (Å²) >= 11 is 0. The second-order valence-corrected chi connectivity index (χ2v) is 6.11. The lowest BCUT2D eigenvalue weighted by Crippen LogP contribution is -2.48. The minimum Gasteiger partial charge on any atom is -0.377 e. The number of nitrogens with one attached hydrogen (secondary N) is 1. The molecule has 1 saturated heterocycles. The highest BCUT2D eigenvalue weighted by molar-refractivity contribution is 4.80. The van der Waals surface area contributed by atoms with E-state index in [-0.39, 0.29) is 5.60 Å². The van der Waals surface area contributed by atoms with Crippen LogP contribution in [0.1, 0.15) is 40.5 Å². The van der Waals surface area contributed by atoms with Gasteiger partial charge in [0.05, 0.1) is 5.60 Å². The molecule has 0 spiro atoms. The summed E-state index contributed by atoms with van der Waals surface area (Å²) in [5.41, 5.74) is -0.0337. The minimum atomic E-state index is -0.0337. The van der Waals surface area contributed by atoms with Gasteiger partial charge in [-0.05, 0) is 45.7 Å². The molecule has 2 atom stereocenters. The molecule has 102 valence electrons. The van der Waals surface area contributed by atoms with Crippen LogP contribution in [0.15, 0.2) is 0 Å². The molecule has 17 heavy (non-hydrogen) atoms. The van der Waals surface area contributed by atoms with Crippen molar-refractivity contribution in [1.29, 1.82) is 0 Å². The molecular formula is C14H30N2O. The van der Waals surface area contributed by atoms with Crippen LogP contribution in [0.2, 0.25) is 0 Å². The maximum Gasteiger partial charge on any atom is 0.0749 e. The number of nitrogens with zero attached hydrogens (tertiary/aromatic N) is 1. The predicted octanol–water partition coefficient (Wildman–Crippen LogP) is 2.12. The van der Waals surface area contributed by atoms with Gasteiger partial charge in [-0.2, -0.15) is 0 Å². The predicted molar refractivity (Wildman–Crippen MR) is 73.4 cm³/mol. The van der Waals surface area contributed by atoms with Gasteiger partial charge in [0.2, 0.25) is 0 Å². The Hall–Kier alpha value is -0.120. The Kier molecular flexibility index (Phi) is 5.90. The minimum absolute atomic E-state index is 0.0337. The van der Waals surface area contributed by atoms with Gasteiger partial charge in [-0.3, -0.25) is 0 Å². The number of ether oxygens (including phenoxy) is 1. The van der Waals surface area contributed by atoms with E-state index in [4.69, 9.17) is 4.74 Å². The van der Waals surface area contributed by atoms with E-state index >= 15 is 0 Å². The van der Waals surface area contributed by atoms with Crippen molar-refractivity contribution in [3.05, 3.63) is 0 Å². The van der Waals surface area contributed by atoms with Crippen molar-refractivity contribution in [2.24, 2.45) is 5.92 Å². The van der Waals surface area contributed by atoms with E-state index in [0.717, 1.165) is 19.0 Å². The summed E-state index contributed by atoms with van der Waals surface area (Å²) in [5.74, 6) is 0.719. The Morgan fingerprint density at radius 2 is 2.12 bits per heavy atom. The van der Waals surface area contributed by atoms with Gasteiger partial charge in [0.1, 0.15) is 0 Å². The maximum atomic E-state index is 5.54. The molecule has 1 fully saturated rings. The first-order valence-electron chi connectivity index (χ1n) is 6.97. The van der Waals surface area contributed by atoms with Gasteiger partial charge in [0, 0.05) is 26.2 Å². The van der Waals surface area contributed by atoms with Gasteiger partial charge in [-0.1, -0.05) is 13.8 Å². The zero-order chi connectivity index (χ0) is 12.9. The molecule has 0 amide bonds. The van der Waals surface area contributed by atoms with Crippen LogP contribution in [0.3, 0.4) is 0 Å². The van der Waals surface area contributed by atoms with E-state index in [2.05, 4.69) is 37.9 Å². The molecule has 3 heteroatoms. The van der Waals surface area contributed by atoms with Crippen LogP contribution >= 0.6 is 0 Å². The van der Waals surface area contributed by atoms with Crippen LogP contribution < -0.4 is 5.32 Å². The molecule has 1 N–H and O–H groups in total. The summed E-state index contributed by atoms with van der Waals surface area (Å²) in [6, 6.07) is 0.686. The molecule has 1 aliphatic rings. The highest BCUT2D eigenvalue weighted by Gasteiger charge is 2.24. The van der Waals surface area contributed by atoms with Gasteiger partial charge in [0.25, 0.3) is 0 Å². The standard InChI is InChI=1S/C14H30N2O/c1-6-13-7-8-16(10-12(2)9-15-13)11-14(3,4)17-5/h12-13,15H,6-11H2,1-5H3. The van der Waals surface area contributed by atoms with Crippen LogP contribution in [-0.2, 0) is 4.74 Å². The SMILES string of the molecule is CCC1CCN(CC(C)(C)OC)CC(C)CN1. The normalized spacial score (nSPS) is 28.8. The number of hydrogen-bond acceptors (Lipinski definition) is 3. The zero-order valence-corrected chi connectivity index (χ0v) is 12.3. The van der Waals surface area contributed by atoms with Crippen molar-refractivity contribution in [1.82, 2.24) is 10.2 Å². The highest BCUT2D eigenvalue weighted by Crippen LogP contribution is 2.15. The van der Waals surface area contributed by atoms with Crippen LogP contribution in [0, 0.1) is 5.92 Å². The lowest BCUT2D eigenvalue weighted by Gasteiger charge is -2.36. The molecular weight excluding hydrogens is 212 g/mol. The van der Waals surface area contributed by atoms with E-state index in [1.54, 1.807) is 0 Å². The summed E-state index contributed by atoms with van der Waals surface area (Å²) in [7, 11) is 1.81. The second kappa shape index (κ2) is 6.72. The van der Waals surface area contributed by atoms with E-state index < -0.39 is 0 Å². The fraction of sp³-hybridized carbons (Fsp3) is 1.00. The van der Waals surface area contributed by atoms with Crippen LogP contribution in [0.5, 0.6) is 0 Å². The third kappa shape index (κ3) is 5.36. The average Bonchev–Trinajstić information content (AvgIpc) is 2.26. The molecule has 0 aromatic carbocycles. The Bertz CT molecular complexity index is 218. The van der Waals surface area contributed by atoms with E-state index in [1.165, 1.54) is 25.9 Å². The van der Waals surface area contributed by atoms with E-state index in [0.29, 0.717) is 6.04 Å². The molecule has 1 rings (SSSR count). The van der Waals surface area contributed by atoms with Gasteiger partial charge >= 0.3 is 0 Å². The monoisotopic (exact) mass is 242 g/mol. The molecule has 2 unspecified atom stereocenters. The van der Waals surface area contributed by atoms with Gasteiger partial charge in [0.15, 0.2) is 0 Å². The quantitative estimate of drug-likeness (QED) is 0.817.